The van der Waals surface area contributed by atoms with Crippen molar-refractivity contribution < 1.29 is 4.74 Å². The van der Waals surface area contributed by atoms with Gasteiger partial charge in [0.15, 0.2) is 0 Å². The SMILES string of the molecule is C=COCCCNC1CCCNCC1. The van der Waals surface area contributed by atoms with Gasteiger partial charge in [-0.25, -0.2) is 0 Å². The molecule has 14 heavy (non-hydrogen) atoms. The van der Waals surface area contributed by atoms with Crippen LogP contribution in [0, 0.1) is 0 Å². The quantitative estimate of drug-likeness (QED) is 0.498. The molecule has 2 N–H and O–H groups in total. The maximum absolute atomic E-state index is 5.06. The Kier molecular flexibility index (Phi) is 6.45. The largest absolute Gasteiger partial charge is 0.502 e. The van der Waals surface area contributed by atoms with Crippen molar-refractivity contribution in [2.45, 2.75) is 31.7 Å². The standard InChI is InChI=1S/C11H22N2O/c1-2-14-10-4-8-13-11-5-3-7-12-9-6-11/h2,11-13H,1,3-10H2. The summed E-state index contributed by atoms with van der Waals surface area (Å²) in [5.74, 6) is 0. The van der Waals surface area contributed by atoms with Gasteiger partial charge in [-0.2, -0.15) is 0 Å². The molecule has 0 aromatic rings. The summed E-state index contributed by atoms with van der Waals surface area (Å²) in [5.41, 5.74) is 0. The molecular weight excluding hydrogens is 176 g/mol. The van der Waals surface area contributed by atoms with Crippen LogP contribution in [0.1, 0.15) is 25.7 Å². The van der Waals surface area contributed by atoms with Gasteiger partial charge in [0.2, 0.25) is 0 Å². The van der Waals surface area contributed by atoms with Crippen LogP contribution in [0.5, 0.6) is 0 Å². The van der Waals surface area contributed by atoms with Gasteiger partial charge >= 0.3 is 0 Å². The Labute approximate surface area is 86.9 Å². The Hall–Kier alpha value is -0.540. The van der Waals surface area contributed by atoms with E-state index in [1.807, 2.05) is 0 Å². The average Bonchev–Trinajstić information content (AvgIpc) is 2.46. The van der Waals surface area contributed by atoms with Gasteiger partial charge in [0.1, 0.15) is 0 Å². The van der Waals surface area contributed by atoms with E-state index >= 15 is 0 Å². The highest BCUT2D eigenvalue weighted by molar-refractivity contribution is 4.72. The zero-order valence-electron chi connectivity index (χ0n) is 8.93. The van der Waals surface area contributed by atoms with Crippen molar-refractivity contribution in [3.05, 3.63) is 12.8 Å². The third kappa shape index (κ3) is 5.25. The molecule has 0 radical (unpaired) electrons. The minimum absolute atomic E-state index is 0.703. The van der Waals surface area contributed by atoms with E-state index in [4.69, 9.17) is 4.74 Å². The molecule has 82 valence electrons. The topological polar surface area (TPSA) is 33.3 Å². The first-order chi connectivity index (χ1) is 6.93. The van der Waals surface area contributed by atoms with E-state index in [2.05, 4.69) is 17.2 Å². The van der Waals surface area contributed by atoms with E-state index < -0.39 is 0 Å². The normalized spacial score (nSPS) is 22.7. The van der Waals surface area contributed by atoms with Crippen LogP contribution >= 0.6 is 0 Å². The van der Waals surface area contributed by atoms with Crippen LogP contribution in [-0.2, 0) is 4.74 Å². The molecule has 1 atom stereocenters. The van der Waals surface area contributed by atoms with E-state index in [0.29, 0.717) is 6.04 Å². The highest BCUT2D eigenvalue weighted by atomic mass is 16.5. The minimum atomic E-state index is 0.703. The van der Waals surface area contributed by atoms with Crippen molar-refractivity contribution in [2.24, 2.45) is 0 Å². The first-order valence-electron chi connectivity index (χ1n) is 5.60. The maximum Gasteiger partial charge on any atom is 0.0885 e. The van der Waals surface area contributed by atoms with Crippen LogP contribution in [0.15, 0.2) is 12.8 Å². The van der Waals surface area contributed by atoms with Crippen molar-refractivity contribution in [1.82, 2.24) is 10.6 Å². The lowest BCUT2D eigenvalue weighted by Gasteiger charge is -2.15. The first kappa shape index (κ1) is 11.5. The fourth-order valence-electron chi connectivity index (χ4n) is 1.77. The molecule has 1 rings (SSSR count). The van der Waals surface area contributed by atoms with Crippen LogP contribution < -0.4 is 10.6 Å². The van der Waals surface area contributed by atoms with Crippen LogP contribution in [0.25, 0.3) is 0 Å². The fraction of sp³-hybridized carbons (Fsp3) is 0.818. The highest BCUT2D eigenvalue weighted by Gasteiger charge is 2.09. The Morgan fingerprint density at radius 3 is 3.21 bits per heavy atom. The minimum Gasteiger partial charge on any atom is -0.502 e. The molecule has 1 aliphatic rings. The van der Waals surface area contributed by atoms with E-state index in [1.54, 1.807) is 0 Å². The number of ether oxygens (including phenoxy) is 1. The van der Waals surface area contributed by atoms with Gasteiger partial charge in [-0.05, 0) is 45.3 Å². The number of hydrogen-bond donors (Lipinski definition) is 2. The van der Waals surface area contributed by atoms with Crippen LogP contribution in [0.3, 0.4) is 0 Å². The van der Waals surface area contributed by atoms with Crippen LogP contribution in [0.4, 0.5) is 0 Å². The molecular formula is C11H22N2O. The summed E-state index contributed by atoms with van der Waals surface area (Å²) in [6, 6.07) is 0.703. The molecule has 1 saturated heterocycles. The van der Waals surface area contributed by atoms with E-state index in [-0.39, 0.29) is 0 Å². The Bertz CT molecular complexity index is 142. The second-order valence-electron chi connectivity index (χ2n) is 3.72. The summed E-state index contributed by atoms with van der Waals surface area (Å²) in [6.45, 7) is 7.67. The Morgan fingerprint density at radius 1 is 1.43 bits per heavy atom. The van der Waals surface area contributed by atoms with Gasteiger partial charge in [-0.3, -0.25) is 0 Å². The molecule has 1 aliphatic heterocycles. The van der Waals surface area contributed by atoms with Crippen molar-refractivity contribution in [3.63, 3.8) is 0 Å². The molecule has 1 unspecified atom stereocenters. The molecule has 0 aliphatic carbocycles. The van der Waals surface area contributed by atoms with Gasteiger partial charge < -0.3 is 15.4 Å². The number of rotatable bonds is 6. The van der Waals surface area contributed by atoms with Crippen molar-refractivity contribution >= 4 is 0 Å². The lowest BCUT2D eigenvalue weighted by atomic mass is 10.1. The van der Waals surface area contributed by atoms with Gasteiger partial charge in [-0.15, -0.1) is 0 Å². The molecule has 0 spiro atoms. The molecule has 0 aromatic carbocycles. The summed E-state index contributed by atoms with van der Waals surface area (Å²) < 4.78 is 5.06. The monoisotopic (exact) mass is 198 g/mol. The lowest BCUT2D eigenvalue weighted by Crippen LogP contribution is -2.31. The lowest BCUT2D eigenvalue weighted by molar-refractivity contribution is 0.242. The predicted octanol–water partition coefficient (Wildman–Crippen LogP) is 1.27. The van der Waals surface area contributed by atoms with Gasteiger partial charge in [-0.1, -0.05) is 6.58 Å². The molecule has 3 heteroatoms. The van der Waals surface area contributed by atoms with Crippen molar-refractivity contribution in [1.29, 1.82) is 0 Å². The molecule has 0 aromatic heterocycles. The molecule has 0 amide bonds. The number of nitrogens with one attached hydrogen (secondary N) is 2. The summed E-state index contributed by atoms with van der Waals surface area (Å²) in [5, 5.41) is 6.98. The van der Waals surface area contributed by atoms with Crippen LogP contribution in [0.2, 0.25) is 0 Å². The van der Waals surface area contributed by atoms with Gasteiger partial charge in [0, 0.05) is 6.04 Å². The second-order valence-corrected chi connectivity index (χ2v) is 3.72. The van der Waals surface area contributed by atoms with E-state index in [0.717, 1.165) is 26.1 Å². The van der Waals surface area contributed by atoms with Crippen molar-refractivity contribution in [2.75, 3.05) is 26.2 Å². The smallest absolute Gasteiger partial charge is 0.0885 e. The van der Waals surface area contributed by atoms with Gasteiger partial charge in [0.25, 0.3) is 0 Å². The predicted molar refractivity (Wildman–Crippen MR) is 59.3 cm³/mol. The van der Waals surface area contributed by atoms with Gasteiger partial charge in [0.05, 0.1) is 12.9 Å². The zero-order valence-corrected chi connectivity index (χ0v) is 8.93. The number of hydrogen-bond acceptors (Lipinski definition) is 3. The molecule has 0 saturated carbocycles. The van der Waals surface area contributed by atoms with Crippen molar-refractivity contribution in [3.8, 4) is 0 Å². The highest BCUT2D eigenvalue weighted by Crippen LogP contribution is 2.04. The summed E-state index contributed by atoms with van der Waals surface area (Å²) >= 11 is 0. The summed E-state index contributed by atoms with van der Waals surface area (Å²) in [6.07, 6.45) is 6.42. The third-order valence-corrected chi connectivity index (χ3v) is 2.57. The summed E-state index contributed by atoms with van der Waals surface area (Å²) in [7, 11) is 0. The Balaban J connectivity index is 1.96. The maximum atomic E-state index is 5.06. The second kappa shape index (κ2) is 7.83. The first-order valence-corrected chi connectivity index (χ1v) is 5.60. The third-order valence-electron chi connectivity index (χ3n) is 2.57. The molecule has 1 fully saturated rings. The van der Waals surface area contributed by atoms with Crippen LogP contribution in [-0.4, -0.2) is 32.3 Å². The Morgan fingerprint density at radius 2 is 2.36 bits per heavy atom. The van der Waals surface area contributed by atoms with E-state index in [9.17, 15) is 0 Å². The van der Waals surface area contributed by atoms with E-state index in [1.165, 1.54) is 32.1 Å². The molecule has 0 bridgehead atoms. The summed E-state index contributed by atoms with van der Waals surface area (Å²) in [4.78, 5) is 0. The zero-order chi connectivity index (χ0) is 10.1. The average molecular weight is 198 g/mol. The molecule has 1 heterocycles. The molecule has 3 nitrogen and oxygen atoms in total. The fourth-order valence-corrected chi connectivity index (χ4v) is 1.77.